The predicted molar refractivity (Wildman–Crippen MR) is 83.9 cm³/mol. The van der Waals surface area contributed by atoms with Crippen LogP contribution in [-0.2, 0) is 4.79 Å². The van der Waals surface area contributed by atoms with Crippen LogP contribution in [0.4, 0.5) is 57.1 Å². The summed E-state index contributed by atoms with van der Waals surface area (Å²) in [6.07, 6.45) is -7.52. The van der Waals surface area contributed by atoms with Crippen molar-refractivity contribution in [3.63, 3.8) is 0 Å². The van der Waals surface area contributed by atoms with Crippen molar-refractivity contribution in [3.05, 3.63) is 12.2 Å². The van der Waals surface area contributed by atoms with E-state index in [2.05, 4.69) is 6.58 Å². The largest absolute Gasteiger partial charge is 0.460 e. The summed E-state index contributed by atoms with van der Waals surface area (Å²) in [5.74, 6) is -38.5. The molecule has 0 aromatic rings. The van der Waals surface area contributed by atoms with Gasteiger partial charge in [-0.05, 0) is 12.8 Å². The number of hydrogen-bond acceptors (Lipinski definition) is 1. The molecule has 1 heterocycles. The van der Waals surface area contributed by atoms with Gasteiger partial charge >= 0.3 is 41.7 Å². The van der Waals surface area contributed by atoms with E-state index in [4.69, 9.17) is 0 Å². The van der Waals surface area contributed by atoms with E-state index < -0.39 is 65.3 Å². The number of quaternary nitrogens is 1. The molecule has 1 aliphatic rings. The average Bonchev–Trinajstić information content (AvgIpc) is 3.40. The third-order valence-electron chi connectivity index (χ3n) is 5.38. The molecule has 188 valence electrons. The zero-order valence-electron chi connectivity index (χ0n) is 16.6. The molecule has 1 fully saturated rings. The first-order valence-corrected chi connectivity index (χ1v) is 9.09. The van der Waals surface area contributed by atoms with E-state index in [0.29, 0.717) is 0 Å². The number of unbranched alkanes of at least 4 members (excludes halogenated alkanes) is 1. The van der Waals surface area contributed by atoms with Crippen LogP contribution in [-0.4, -0.2) is 65.3 Å². The maximum atomic E-state index is 14.5. The predicted octanol–water partition coefficient (Wildman–Crippen LogP) is 6.22. The fourth-order valence-electron chi connectivity index (χ4n) is 3.16. The summed E-state index contributed by atoms with van der Waals surface area (Å²) in [6.45, 7) is 4.15. The molecule has 0 N–H and O–H groups in total. The van der Waals surface area contributed by atoms with Crippen molar-refractivity contribution in [2.75, 3.05) is 13.1 Å². The number of halogens is 13. The molecule has 1 rings (SSSR count). The number of amides is 1. The lowest BCUT2D eigenvalue weighted by atomic mass is 9.92. The van der Waals surface area contributed by atoms with Crippen LogP contribution >= 0.6 is 0 Å². The van der Waals surface area contributed by atoms with E-state index >= 15 is 0 Å². The quantitative estimate of drug-likeness (QED) is 0.151. The molecule has 1 saturated heterocycles. The lowest BCUT2D eigenvalue weighted by Crippen LogP contribution is -2.71. The smallest absolute Gasteiger partial charge is 0.239 e. The highest BCUT2D eigenvalue weighted by Crippen LogP contribution is 2.62. The van der Waals surface area contributed by atoms with Gasteiger partial charge in [0.05, 0.1) is 6.54 Å². The molecular formula is C17H19F13NO+. The zero-order valence-corrected chi connectivity index (χ0v) is 16.6. The molecule has 0 aliphatic carbocycles. The highest BCUT2D eigenvalue weighted by molar-refractivity contribution is 5.88. The van der Waals surface area contributed by atoms with Crippen molar-refractivity contribution >= 4 is 5.91 Å². The molecule has 2 unspecified atom stereocenters. The van der Waals surface area contributed by atoms with E-state index in [1.165, 1.54) is 13.8 Å². The highest BCUT2D eigenvalue weighted by Gasteiger charge is 2.94. The number of alkyl halides is 13. The van der Waals surface area contributed by atoms with Crippen LogP contribution in [0.25, 0.3) is 0 Å². The van der Waals surface area contributed by atoms with Gasteiger partial charge in [-0.1, -0.05) is 26.8 Å². The van der Waals surface area contributed by atoms with Crippen LogP contribution in [0.2, 0.25) is 0 Å². The Morgan fingerprint density at radius 2 is 1.25 bits per heavy atom. The number of rotatable bonds is 10. The lowest BCUT2D eigenvalue weighted by Gasteiger charge is -2.39. The summed E-state index contributed by atoms with van der Waals surface area (Å²) >= 11 is 0. The Labute approximate surface area is 173 Å². The third-order valence-corrected chi connectivity index (χ3v) is 5.38. The summed E-state index contributed by atoms with van der Waals surface area (Å²) in [6, 6.07) is -3.07. The first kappa shape index (κ1) is 28.5. The molecule has 0 radical (unpaired) electrons. The molecule has 32 heavy (non-hydrogen) atoms. The number of nitrogens with zero attached hydrogens (tertiary/aromatic N) is 1. The minimum Gasteiger partial charge on any atom is -0.239 e. The second-order valence-electron chi connectivity index (χ2n) is 7.49. The van der Waals surface area contributed by atoms with E-state index in [-0.39, 0.29) is 24.8 Å². The van der Waals surface area contributed by atoms with E-state index in [1.807, 2.05) is 0 Å². The summed E-state index contributed by atoms with van der Waals surface area (Å²) in [7, 11) is 0. The molecule has 1 amide bonds. The van der Waals surface area contributed by atoms with Crippen molar-refractivity contribution in [1.82, 2.24) is 0 Å². The molecule has 0 aromatic heterocycles. The molecule has 0 aromatic carbocycles. The average molecular weight is 500 g/mol. The SMILES string of the molecule is C=C(CC)C(=O)[N+]1(CCCC)CC1C(F)(F)C(F)(F)C(F)(F)C(F)(F)C(F)(F)C(F)(F)F. The normalized spacial score (nSPS) is 23.3. The molecule has 1 aliphatic heterocycles. The van der Waals surface area contributed by atoms with Crippen LogP contribution in [0.1, 0.15) is 33.1 Å². The van der Waals surface area contributed by atoms with Crippen molar-refractivity contribution in [2.45, 2.75) is 74.9 Å². The monoisotopic (exact) mass is 500 g/mol. The summed E-state index contributed by atoms with van der Waals surface area (Å²) in [5.41, 5.74) is -0.386. The number of carbonyl (C=O) groups excluding carboxylic acids is 1. The van der Waals surface area contributed by atoms with E-state index in [1.54, 1.807) is 0 Å². The fourth-order valence-corrected chi connectivity index (χ4v) is 3.16. The van der Waals surface area contributed by atoms with E-state index in [9.17, 15) is 61.9 Å². The molecular weight excluding hydrogens is 481 g/mol. The number of carbonyl (C=O) groups is 1. The highest BCUT2D eigenvalue weighted by atomic mass is 19.4. The van der Waals surface area contributed by atoms with Gasteiger partial charge in [0.1, 0.15) is 6.54 Å². The van der Waals surface area contributed by atoms with Gasteiger partial charge in [0.15, 0.2) is 0 Å². The maximum absolute atomic E-state index is 14.5. The summed E-state index contributed by atoms with van der Waals surface area (Å²) in [5, 5.41) is 0. The Hall–Kier alpha value is -1.54. The number of hydrogen-bond donors (Lipinski definition) is 0. The topological polar surface area (TPSA) is 17.1 Å². The van der Waals surface area contributed by atoms with E-state index in [0.717, 1.165) is 0 Å². The summed E-state index contributed by atoms with van der Waals surface area (Å²) in [4.78, 5) is 12.4. The molecule has 0 saturated carbocycles. The standard InChI is InChI=1S/C17H19F13NO/c1-4-6-7-31(11(32)9(3)5-2)8-10(31)12(18,19)13(20,21)14(22,23)15(24,25)16(26,27)17(28,29)30/h10H,3-8H2,1-2H3/q+1. The van der Waals surface area contributed by atoms with Crippen LogP contribution in [0, 0.1) is 0 Å². The Morgan fingerprint density at radius 1 is 0.812 bits per heavy atom. The lowest BCUT2D eigenvalue weighted by molar-refractivity contribution is -0.742. The molecule has 2 atom stereocenters. The molecule has 0 spiro atoms. The first-order chi connectivity index (χ1) is 14.0. The van der Waals surface area contributed by atoms with Crippen molar-refractivity contribution in [2.24, 2.45) is 0 Å². The zero-order chi connectivity index (χ0) is 25.8. The Bertz CT molecular complexity index is 743. The van der Waals surface area contributed by atoms with Crippen LogP contribution in [0.15, 0.2) is 12.2 Å². The molecule has 2 nitrogen and oxygen atoms in total. The molecule has 15 heteroatoms. The van der Waals surface area contributed by atoms with Crippen LogP contribution in [0.5, 0.6) is 0 Å². The van der Waals surface area contributed by atoms with Gasteiger partial charge in [-0.15, -0.1) is 0 Å². The van der Waals surface area contributed by atoms with Crippen LogP contribution < -0.4 is 0 Å². The minimum absolute atomic E-state index is 0.0837. The molecule has 0 bridgehead atoms. The van der Waals surface area contributed by atoms with Gasteiger partial charge in [-0.2, -0.15) is 57.1 Å². The van der Waals surface area contributed by atoms with Gasteiger partial charge in [-0.25, -0.2) is 9.28 Å². The third kappa shape index (κ3) is 3.77. The minimum atomic E-state index is -7.95. The van der Waals surface area contributed by atoms with Gasteiger partial charge in [-0.3, -0.25) is 0 Å². The Morgan fingerprint density at radius 3 is 1.62 bits per heavy atom. The van der Waals surface area contributed by atoms with Crippen LogP contribution in [0.3, 0.4) is 0 Å². The first-order valence-electron chi connectivity index (χ1n) is 9.09. The Balaban J connectivity index is 3.51. The van der Waals surface area contributed by atoms with Gasteiger partial charge in [0.25, 0.3) is 0 Å². The van der Waals surface area contributed by atoms with Crippen molar-refractivity contribution < 1.29 is 66.4 Å². The van der Waals surface area contributed by atoms with Crippen molar-refractivity contribution in [3.8, 4) is 0 Å². The second-order valence-corrected chi connectivity index (χ2v) is 7.49. The van der Waals surface area contributed by atoms with Gasteiger partial charge < -0.3 is 0 Å². The fraction of sp³-hybridized carbons (Fsp3) is 0.824. The van der Waals surface area contributed by atoms with Gasteiger partial charge in [0.2, 0.25) is 6.04 Å². The Kier molecular flexibility index (Phi) is 7.16. The summed E-state index contributed by atoms with van der Waals surface area (Å²) < 4.78 is 172. The maximum Gasteiger partial charge on any atom is 0.460 e. The van der Waals surface area contributed by atoms with Gasteiger partial charge in [0, 0.05) is 5.57 Å². The van der Waals surface area contributed by atoms with Crippen molar-refractivity contribution in [1.29, 1.82) is 0 Å². The second kappa shape index (κ2) is 8.05.